The van der Waals surface area contributed by atoms with Crippen molar-refractivity contribution in [3.8, 4) is 0 Å². The van der Waals surface area contributed by atoms with Crippen LogP contribution in [0.4, 0.5) is 0 Å². The number of unbranched alkanes of at least 4 members (excludes halogenated alkanes) is 1. The molecule has 0 bridgehead atoms. The Morgan fingerprint density at radius 2 is 1.92 bits per heavy atom. The van der Waals surface area contributed by atoms with Crippen molar-refractivity contribution in [2.24, 2.45) is 0 Å². The Hall–Kier alpha value is 0.270. The van der Waals surface area contributed by atoms with Gasteiger partial charge in [-0.25, -0.2) is 0 Å². The van der Waals surface area contributed by atoms with E-state index in [-0.39, 0.29) is 0 Å². The number of likely N-dealkylation sites (tertiary alicyclic amines) is 1. The van der Waals surface area contributed by atoms with Crippen LogP contribution in [0.1, 0.15) is 25.7 Å². The molecule has 0 unspecified atom stereocenters. The summed E-state index contributed by atoms with van der Waals surface area (Å²) in [5, 5.41) is 0. The average molecular weight is 204 g/mol. The third kappa shape index (κ3) is 4.34. The minimum absolute atomic E-state index is 1.15. The highest BCUT2D eigenvalue weighted by Gasteiger charge is 2.25. The summed E-state index contributed by atoms with van der Waals surface area (Å²) in [5.74, 6) is 1.15. The number of nitrogens with zero attached hydrogens (tertiary/aromatic N) is 1. The number of hydrogen-bond donors (Lipinski definition) is 0. The van der Waals surface area contributed by atoms with Crippen LogP contribution < -0.4 is 0 Å². The lowest BCUT2D eigenvalue weighted by Crippen LogP contribution is -2.41. The fourth-order valence-corrected chi connectivity index (χ4v) is 2.55. The van der Waals surface area contributed by atoms with Crippen LogP contribution in [-0.2, 0) is 4.18 Å². The molecule has 0 aromatic heterocycles. The first-order chi connectivity index (χ1) is 6.27. The van der Waals surface area contributed by atoms with Gasteiger partial charge in [0.15, 0.2) is 0 Å². The van der Waals surface area contributed by atoms with Crippen LogP contribution in [0.2, 0.25) is 0 Å². The van der Waals surface area contributed by atoms with Crippen molar-refractivity contribution in [3.05, 3.63) is 0 Å². The normalized spacial score (nSPS) is 20.8. The molecule has 0 spiro atoms. The molecule has 0 atom stereocenters. The second-order valence-electron chi connectivity index (χ2n) is 4.19. The van der Waals surface area contributed by atoms with Gasteiger partial charge in [-0.05, 0) is 24.9 Å². The Morgan fingerprint density at radius 3 is 2.54 bits per heavy atom. The molecule has 0 aromatic carbocycles. The average Bonchev–Trinajstić information content (AvgIpc) is 2.53. The number of quaternary nitrogens is 1. The maximum atomic E-state index is 4.95. The van der Waals surface area contributed by atoms with Crippen LogP contribution in [0, 0.1) is 0 Å². The van der Waals surface area contributed by atoms with Crippen molar-refractivity contribution in [1.82, 2.24) is 0 Å². The Morgan fingerprint density at radius 1 is 1.23 bits per heavy atom. The monoisotopic (exact) mass is 204 g/mol. The van der Waals surface area contributed by atoms with Crippen LogP contribution in [0.5, 0.6) is 0 Å². The van der Waals surface area contributed by atoms with Crippen LogP contribution in [0.15, 0.2) is 0 Å². The maximum Gasteiger partial charge on any atom is 0.0786 e. The first-order valence-corrected chi connectivity index (χ1v) is 6.17. The van der Waals surface area contributed by atoms with E-state index < -0.39 is 0 Å². The third-order valence-corrected chi connectivity index (χ3v) is 3.63. The lowest BCUT2D eigenvalue weighted by Gasteiger charge is -2.29. The molecule has 1 rings (SSSR count). The molecule has 0 aliphatic carbocycles. The van der Waals surface area contributed by atoms with Crippen molar-refractivity contribution < 1.29 is 8.67 Å². The second-order valence-corrected chi connectivity index (χ2v) is 5.17. The van der Waals surface area contributed by atoms with Crippen molar-refractivity contribution in [2.75, 3.05) is 39.5 Å². The summed E-state index contributed by atoms with van der Waals surface area (Å²) < 4.78 is 6.27. The van der Waals surface area contributed by atoms with E-state index in [4.69, 9.17) is 4.18 Å². The van der Waals surface area contributed by atoms with Crippen molar-refractivity contribution in [1.29, 1.82) is 0 Å². The van der Waals surface area contributed by atoms with Gasteiger partial charge in [-0.1, -0.05) is 0 Å². The summed E-state index contributed by atoms with van der Waals surface area (Å²) in [6.45, 7) is 4.17. The van der Waals surface area contributed by atoms with E-state index in [1.54, 1.807) is 19.2 Å². The fraction of sp³-hybridized carbons (Fsp3) is 1.00. The van der Waals surface area contributed by atoms with Crippen molar-refractivity contribution >= 4 is 12.0 Å². The Kier molecular flexibility index (Phi) is 5.14. The van der Waals surface area contributed by atoms with E-state index in [1.165, 1.54) is 49.8 Å². The summed E-state index contributed by atoms with van der Waals surface area (Å²) in [5.41, 5.74) is 0. The summed E-state index contributed by atoms with van der Waals surface area (Å²) in [7, 11) is 4.15. The summed E-state index contributed by atoms with van der Waals surface area (Å²) in [6.07, 6.45) is 5.52. The maximum absolute atomic E-state index is 4.95. The van der Waals surface area contributed by atoms with Gasteiger partial charge in [0.2, 0.25) is 0 Å². The zero-order valence-corrected chi connectivity index (χ0v) is 9.74. The molecule has 1 fully saturated rings. The van der Waals surface area contributed by atoms with Gasteiger partial charge in [-0.3, -0.25) is 0 Å². The first kappa shape index (κ1) is 11.3. The predicted octanol–water partition coefficient (Wildman–Crippen LogP) is 2.30. The molecule has 1 aliphatic rings. The van der Waals surface area contributed by atoms with Gasteiger partial charge in [0, 0.05) is 18.6 Å². The van der Waals surface area contributed by atoms with E-state index in [0.29, 0.717) is 0 Å². The lowest BCUT2D eigenvalue weighted by molar-refractivity contribution is -0.897. The molecule has 1 aliphatic heterocycles. The molecule has 1 saturated heterocycles. The Bertz CT molecular complexity index is 135. The van der Waals surface area contributed by atoms with E-state index in [2.05, 4.69) is 7.05 Å². The number of rotatable bonds is 6. The van der Waals surface area contributed by atoms with E-state index in [9.17, 15) is 0 Å². The highest BCUT2D eigenvalue weighted by molar-refractivity contribution is 7.94. The molecule has 1 heterocycles. The van der Waals surface area contributed by atoms with Crippen LogP contribution in [-0.4, -0.2) is 44.0 Å². The minimum Gasteiger partial charge on any atom is -0.326 e. The first-order valence-electron chi connectivity index (χ1n) is 5.26. The van der Waals surface area contributed by atoms with Crippen LogP contribution in [0.25, 0.3) is 0 Å². The fourth-order valence-electron chi connectivity index (χ4n) is 2.06. The smallest absolute Gasteiger partial charge is 0.0786 e. The van der Waals surface area contributed by atoms with Gasteiger partial charge in [-0.15, -0.1) is 0 Å². The molecule has 3 heteroatoms. The van der Waals surface area contributed by atoms with Gasteiger partial charge in [0.05, 0.1) is 33.8 Å². The second kappa shape index (κ2) is 5.89. The molecule has 2 nitrogen and oxygen atoms in total. The minimum atomic E-state index is 1.15. The molecular formula is C10H22NOS+. The topological polar surface area (TPSA) is 9.23 Å². The Balaban J connectivity index is 1.98. The molecule has 0 radical (unpaired) electrons. The number of hydrogen-bond acceptors (Lipinski definition) is 2. The zero-order valence-electron chi connectivity index (χ0n) is 8.92. The van der Waals surface area contributed by atoms with E-state index in [1.807, 2.05) is 0 Å². The van der Waals surface area contributed by atoms with Gasteiger partial charge in [0.1, 0.15) is 0 Å². The molecule has 0 N–H and O–H groups in total. The van der Waals surface area contributed by atoms with E-state index >= 15 is 0 Å². The van der Waals surface area contributed by atoms with Crippen molar-refractivity contribution in [2.45, 2.75) is 25.7 Å². The largest absolute Gasteiger partial charge is 0.326 e. The molecule has 0 aromatic rings. The van der Waals surface area contributed by atoms with Gasteiger partial charge < -0.3 is 8.67 Å². The summed E-state index contributed by atoms with van der Waals surface area (Å²) in [6, 6.07) is 0. The SMILES string of the molecule is COSCCCC[N+]1(C)CCCC1. The van der Waals surface area contributed by atoms with Crippen LogP contribution in [0.3, 0.4) is 0 Å². The van der Waals surface area contributed by atoms with Crippen molar-refractivity contribution in [3.63, 3.8) is 0 Å². The molecule has 78 valence electrons. The van der Waals surface area contributed by atoms with Gasteiger partial charge in [0.25, 0.3) is 0 Å². The third-order valence-electron chi connectivity index (χ3n) is 2.94. The molecule has 0 amide bonds. The predicted molar refractivity (Wildman–Crippen MR) is 58.7 cm³/mol. The summed E-state index contributed by atoms with van der Waals surface area (Å²) >= 11 is 1.58. The highest BCUT2D eigenvalue weighted by atomic mass is 32.2. The molecular weight excluding hydrogens is 182 g/mol. The van der Waals surface area contributed by atoms with Crippen LogP contribution >= 0.6 is 12.0 Å². The van der Waals surface area contributed by atoms with Gasteiger partial charge in [-0.2, -0.15) is 0 Å². The molecule has 0 saturated carbocycles. The molecule has 13 heavy (non-hydrogen) atoms. The quantitative estimate of drug-likeness (QED) is 0.373. The van der Waals surface area contributed by atoms with Gasteiger partial charge >= 0.3 is 0 Å². The zero-order chi connectivity index (χ0) is 9.57. The Labute approximate surface area is 86.4 Å². The highest BCUT2D eigenvalue weighted by Crippen LogP contribution is 2.17. The standard InChI is InChI=1S/C10H22NOS/c1-11(7-3-4-8-11)9-5-6-10-13-12-2/h3-10H2,1-2H3/q+1. The van der Waals surface area contributed by atoms with E-state index in [0.717, 1.165) is 5.75 Å². The summed E-state index contributed by atoms with van der Waals surface area (Å²) in [4.78, 5) is 0. The lowest BCUT2D eigenvalue weighted by atomic mass is 10.3.